The number of rotatable bonds is 3. The van der Waals surface area contributed by atoms with Gasteiger partial charge in [-0.3, -0.25) is 9.80 Å². The number of hydrazine groups is 1. The Labute approximate surface area is 84.0 Å². The first-order chi connectivity index (χ1) is 5.97. The molecule has 0 fully saturated rings. The molecule has 0 saturated carbocycles. The van der Waals surface area contributed by atoms with Gasteiger partial charge in [0.05, 0.1) is 0 Å². The van der Waals surface area contributed by atoms with Crippen LogP contribution in [0, 0.1) is 0 Å². The molecule has 0 aromatic carbocycles. The maximum Gasteiger partial charge on any atom is 0.187 e. The van der Waals surface area contributed by atoms with Crippen molar-refractivity contribution in [2.24, 2.45) is 0 Å². The fourth-order valence-electron chi connectivity index (χ4n) is 0.820. The van der Waals surface area contributed by atoms with Crippen molar-refractivity contribution < 1.29 is 4.79 Å². The number of hydrogen-bond donors (Lipinski definition) is 2. The van der Waals surface area contributed by atoms with Gasteiger partial charge < -0.3 is 10.7 Å². The summed E-state index contributed by atoms with van der Waals surface area (Å²) in [6.45, 7) is 3.30. The van der Waals surface area contributed by atoms with Gasteiger partial charge in [0, 0.05) is 25.9 Å². The SMILES string of the molecule is CNC(=S)N(C)N/C(C)=C\C(C)=O. The van der Waals surface area contributed by atoms with Crippen LogP contribution in [0.3, 0.4) is 0 Å². The second kappa shape index (κ2) is 5.53. The molecule has 0 aromatic heterocycles. The van der Waals surface area contributed by atoms with Gasteiger partial charge in [-0.15, -0.1) is 0 Å². The lowest BCUT2D eigenvalue weighted by atomic mass is 10.3. The molecule has 74 valence electrons. The lowest BCUT2D eigenvalue weighted by molar-refractivity contribution is -0.112. The van der Waals surface area contributed by atoms with Crippen molar-refractivity contribution in [2.45, 2.75) is 13.8 Å². The van der Waals surface area contributed by atoms with Gasteiger partial charge >= 0.3 is 0 Å². The first-order valence-corrected chi connectivity index (χ1v) is 4.29. The molecule has 5 heteroatoms. The second-order valence-electron chi connectivity index (χ2n) is 2.66. The highest BCUT2D eigenvalue weighted by molar-refractivity contribution is 7.80. The molecule has 0 aliphatic rings. The summed E-state index contributed by atoms with van der Waals surface area (Å²) >= 11 is 4.95. The summed E-state index contributed by atoms with van der Waals surface area (Å²) < 4.78 is 0. The van der Waals surface area contributed by atoms with E-state index in [1.807, 2.05) is 0 Å². The van der Waals surface area contributed by atoms with Crippen molar-refractivity contribution in [3.05, 3.63) is 11.8 Å². The molecule has 0 bridgehead atoms. The summed E-state index contributed by atoms with van der Waals surface area (Å²) in [5, 5.41) is 5.00. The van der Waals surface area contributed by atoms with Crippen LogP contribution in [0.2, 0.25) is 0 Å². The highest BCUT2D eigenvalue weighted by Gasteiger charge is 2.00. The number of thiocarbonyl (C=S) groups is 1. The maximum atomic E-state index is 10.7. The van der Waals surface area contributed by atoms with E-state index in [4.69, 9.17) is 12.2 Å². The molecule has 0 heterocycles. The first-order valence-electron chi connectivity index (χ1n) is 3.88. The summed E-state index contributed by atoms with van der Waals surface area (Å²) in [5.74, 6) is 0.00813. The molecule has 0 aliphatic carbocycles. The van der Waals surface area contributed by atoms with E-state index in [-0.39, 0.29) is 5.78 Å². The van der Waals surface area contributed by atoms with Crippen LogP contribution >= 0.6 is 12.2 Å². The van der Waals surface area contributed by atoms with E-state index in [0.717, 1.165) is 5.70 Å². The van der Waals surface area contributed by atoms with Crippen LogP contribution in [0.1, 0.15) is 13.8 Å². The fraction of sp³-hybridized carbons (Fsp3) is 0.500. The number of nitrogens with zero attached hydrogens (tertiary/aromatic N) is 1. The number of ketones is 1. The van der Waals surface area contributed by atoms with Crippen molar-refractivity contribution >= 4 is 23.1 Å². The zero-order chi connectivity index (χ0) is 10.4. The molecule has 0 atom stereocenters. The van der Waals surface area contributed by atoms with Crippen LogP contribution in [0.5, 0.6) is 0 Å². The lowest BCUT2D eigenvalue weighted by Crippen LogP contribution is -2.43. The molecule has 0 aliphatic heterocycles. The standard InChI is InChI=1S/C8H15N3OS/c1-6(5-7(2)12)10-11(4)8(13)9-3/h5,10H,1-4H3,(H,9,13)/b6-5-. The minimum absolute atomic E-state index is 0.00813. The Balaban J connectivity index is 4.13. The van der Waals surface area contributed by atoms with Gasteiger partial charge in [-0.2, -0.15) is 0 Å². The Morgan fingerprint density at radius 1 is 1.46 bits per heavy atom. The van der Waals surface area contributed by atoms with Crippen LogP contribution in [0.15, 0.2) is 11.8 Å². The van der Waals surface area contributed by atoms with Gasteiger partial charge in [0.15, 0.2) is 10.9 Å². The van der Waals surface area contributed by atoms with Crippen molar-refractivity contribution in [3.8, 4) is 0 Å². The lowest BCUT2D eigenvalue weighted by Gasteiger charge is -2.21. The summed E-state index contributed by atoms with van der Waals surface area (Å²) in [5.41, 5.74) is 3.69. The van der Waals surface area contributed by atoms with E-state index in [2.05, 4.69) is 10.7 Å². The summed E-state index contributed by atoms with van der Waals surface area (Å²) in [6.07, 6.45) is 1.51. The van der Waals surface area contributed by atoms with Crippen molar-refractivity contribution in [3.63, 3.8) is 0 Å². The van der Waals surface area contributed by atoms with Crippen molar-refractivity contribution in [2.75, 3.05) is 14.1 Å². The van der Waals surface area contributed by atoms with Gasteiger partial charge in [0.1, 0.15) is 0 Å². The van der Waals surface area contributed by atoms with Gasteiger partial charge in [0.2, 0.25) is 0 Å². The molecule has 4 nitrogen and oxygen atoms in total. The van der Waals surface area contributed by atoms with E-state index < -0.39 is 0 Å². The molecule has 0 unspecified atom stereocenters. The van der Waals surface area contributed by atoms with Crippen LogP contribution in [-0.4, -0.2) is 30.0 Å². The smallest absolute Gasteiger partial charge is 0.187 e. The largest absolute Gasteiger partial charge is 0.364 e. The van der Waals surface area contributed by atoms with E-state index >= 15 is 0 Å². The van der Waals surface area contributed by atoms with Crippen molar-refractivity contribution in [1.82, 2.24) is 15.8 Å². The summed E-state index contributed by atoms with van der Waals surface area (Å²) in [6, 6.07) is 0. The molecule has 0 aromatic rings. The Morgan fingerprint density at radius 2 is 2.00 bits per heavy atom. The number of allylic oxidation sites excluding steroid dienone is 2. The molecule has 0 spiro atoms. The summed E-state index contributed by atoms with van der Waals surface area (Å²) in [7, 11) is 3.51. The van der Waals surface area contributed by atoms with E-state index in [9.17, 15) is 4.79 Å². The molecular formula is C8H15N3OS. The Bertz CT molecular complexity index is 238. The average Bonchev–Trinajstić information content (AvgIpc) is 2.01. The predicted octanol–water partition coefficient (Wildman–Crippen LogP) is 0.420. The summed E-state index contributed by atoms with van der Waals surface area (Å²) in [4.78, 5) is 10.7. The molecule has 13 heavy (non-hydrogen) atoms. The Morgan fingerprint density at radius 3 is 2.38 bits per heavy atom. The quantitative estimate of drug-likeness (QED) is 0.393. The third-order valence-corrected chi connectivity index (χ3v) is 1.76. The van der Waals surface area contributed by atoms with Gasteiger partial charge in [-0.25, -0.2) is 0 Å². The first kappa shape index (κ1) is 11.9. The maximum absolute atomic E-state index is 10.7. The van der Waals surface area contributed by atoms with Gasteiger partial charge in [0.25, 0.3) is 0 Å². The zero-order valence-corrected chi connectivity index (χ0v) is 9.16. The van der Waals surface area contributed by atoms with Crippen LogP contribution < -0.4 is 10.7 Å². The van der Waals surface area contributed by atoms with Crippen molar-refractivity contribution in [1.29, 1.82) is 0 Å². The number of nitrogens with one attached hydrogen (secondary N) is 2. The number of carbonyl (C=O) groups excluding carboxylic acids is 1. The Hall–Kier alpha value is -1.10. The van der Waals surface area contributed by atoms with Crippen LogP contribution in [-0.2, 0) is 4.79 Å². The third-order valence-electron chi connectivity index (χ3n) is 1.28. The molecule has 2 N–H and O–H groups in total. The molecule has 0 amide bonds. The van der Waals surface area contributed by atoms with Crippen LogP contribution in [0.25, 0.3) is 0 Å². The van der Waals surface area contributed by atoms with Gasteiger partial charge in [-0.1, -0.05) is 0 Å². The van der Waals surface area contributed by atoms with Crippen LogP contribution in [0.4, 0.5) is 0 Å². The van der Waals surface area contributed by atoms with E-state index in [1.54, 1.807) is 26.0 Å². The molecule has 0 rings (SSSR count). The molecule has 0 radical (unpaired) electrons. The minimum atomic E-state index is 0.00813. The normalized spacial score (nSPS) is 10.6. The minimum Gasteiger partial charge on any atom is -0.364 e. The Kier molecular flexibility index (Phi) is 5.06. The predicted molar refractivity (Wildman–Crippen MR) is 57.0 cm³/mol. The van der Waals surface area contributed by atoms with E-state index in [1.165, 1.54) is 13.0 Å². The molecule has 0 saturated heterocycles. The molecular weight excluding hydrogens is 186 g/mol. The highest BCUT2D eigenvalue weighted by Crippen LogP contribution is 1.89. The number of hydrogen-bond acceptors (Lipinski definition) is 3. The average molecular weight is 201 g/mol. The third kappa shape index (κ3) is 5.19. The topological polar surface area (TPSA) is 44.4 Å². The number of carbonyl (C=O) groups is 1. The van der Waals surface area contributed by atoms with E-state index in [0.29, 0.717) is 5.11 Å². The van der Waals surface area contributed by atoms with Gasteiger partial charge in [-0.05, 0) is 26.1 Å². The second-order valence-corrected chi connectivity index (χ2v) is 3.05. The monoisotopic (exact) mass is 201 g/mol. The zero-order valence-electron chi connectivity index (χ0n) is 8.34. The highest BCUT2D eigenvalue weighted by atomic mass is 32.1. The fourth-order valence-corrected chi connectivity index (χ4v) is 0.866.